The van der Waals surface area contributed by atoms with Gasteiger partial charge in [0.2, 0.25) is 0 Å². The van der Waals surface area contributed by atoms with Gasteiger partial charge < -0.3 is 9.64 Å². The number of hydrogen-bond acceptors (Lipinski definition) is 3. The summed E-state index contributed by atoms with van der Waals surface area (Å²) in [6, 6.07) is 55.5. The van der Waals surface area contributed by atoms with Gasteiger partial charge in [-0.15, -0.1) is 0 Å². The molecule has 0 N–H and O–H groups in total. The number of nitrogens with zero attached hydrogens (tertiary/aromatic N) is 1. The van der Waals surface area contributed by atoms with Crippen LogP contribution < -0.4 is 9.64 Å². The standard InChI is InChI=1S/C48H37NOS/c1-47(2)39-25-23-33(28-37(39)45-40(47)26-27-43-46(45)51-44-17-11-10-16-42(44)50-43)49(32-20-18-31(19-21-32)30-12-6-5-7-13-30)34-22-24-36-35-14-8-9-15-38(35)48(3,4)41(36)29-34/h5-29H,1-4H3. The maximum absolute atomic E-state index is 6.51. The van der Waals surface area contributed by atoms with Gasteiger partial charge in [0.1, 0.15) is 11.5 Å². The first-order valence-corrected chi connectivity index (χ1v) is 18.6. The van der Waals surface area contributed by atoms with Gasteiger partial charge in [0.25, 0.3) is 0 Å². The maximum Gasteiger partial charge on any atom is 0.142 e. The third-order valence-electron chi connectivity index (χ3n) is 11.3. The van der Waals surface area contributed by atoms with E-state index in [9.17, 15) is 0 Å². The van der Waals surface area contributed by atoms with E-state index in [1.807, 2.05) is 17.8 Å². The van der Waals surface area contributed by atoms with Crippen molar-refractivity contribution in [3.05, 3.63) is 174 Å². The highest BCUT2D eigenvalue weighted by atomic mass is 32.2. The molecular formula is C48H37NOS. The molecule has 1 heterocycles. The normalized spacial score (nSPS) is 15.1. The molecule has 0 fully saturated rings. The Hall–Kier alpha value is -5.51. The number of ether oxygens (including phenoxy) is 1. The summed E-state index contributed by atoms with van der Waals surface area (Å²) in [7, 11) is 0. The Balaban J connectivity index is 1.15. The van der Waals surface area contributed by atoms with Crippen molar-refractivity contribution in [3.63, 3.8) is 0 Å². The van der Waals surface area contributed by atoms with E-state index < -0.39 is 0 Å². The van der Waals surface area contributed by atoms with Crippen molar-refractivity contribution < 1.29 is 4.74 Å². The molecule has 51 heavy (non-hydrogen) atoms. The van der Waals surface area contributed by atoms with Crippen molar-refractivity contribution in [1.29, 1.82) is 0 Å². The minimum Gasteiger partial charge on any atom is -0.455 e. The average molecular weight is 676 g/mol. The van der Waals surface area contributed by atoms with Gasteiger partial charge in [0, 0.05) is 33.5 Å². The molecule has 0 unspecified atom stereocenters. The summed E-state index contributed by atoms with van der Waals surface area (Å²) in [4.78, 5) is 4.79. The quantitative estimate of drug-likeness (QED) is 0.184. The summed E-state index contributed by atoms with van der Waals surface area (Å²) in [5.41, 5.74) is 16.3. The van der Waals surface area contributed by atoms with Crippen molar-refractivity contribution in [3.8, 4) is 44.9 Å². The van der Waals surface area contributed by atoms with E-state index in [1.165, 1.54) is 60.5 Å². The molecule has 1 aliphatic heterocycles. The lowest BCUT2D eigenvalue weighted by Gasteiger charge is -2.29. The number of hydrogen-bond donors (Lipinski definition) is 0. The molecule has 0 saturated heterocycles. The molecule has 0 atom stereocenters. The van der Waals surface area contributed by atoms with E-state index in [1.54, 1.807) is 0 Å². The van der Waals surface area contributed by atoms with Gasteiger partial charge in [-0.3, -0.25) is 0 Å². The van der Waals surface area contributed by atoms with Crippen LogP contribution in [-0.2, 0) is 10.8 Å². The van der Waals surface area contributed by atoms with Gasteiger partial charge in [0.05, 0.1) is 9.79 Å². The maximum atomic E-state index is 6.51. The summed E-state index contributed by atoms with van der Waals surface area (Å²) in [6.07, 6.45) is 0. The van der Waals surface area contributed by atoms with E-state index in [0.717, 1.165) is 33.5 Å². The Morgan fingerprint density at radius 2 is 1.06 bits per heavy atom. The second kappa shape index (κ2) is 11.0. The lowest BCUT2D eigenvalue weighted by molar-refractivity contribution is 0.454. The highest BCUT2D eigenvalue weighted by Crippen LogP contribution is 2.59. The van der Waals surface area contributed by atoms with Crippen molar-refractivity contribution in [2.75, 3.05) is 4.90 Å². The molecule has 0 saturated carbocycles. The minimum atomic E-state index is -0.138. The Kier molecular flexibility index (Phi) is 6.54. The summed E-state index contributed by atoms with van der Waals surface area (Å²) in [6.45, 7) is 9.42. The number of para-hydroxylation sites is 1. The predicted octanol–water partition coefficient (Wildman–Crippen LogP) is 13.7. The van der Waals surface area contributed by atoms with Gasteiger partial charge in [-0.25, -0.2) is 0 Å². The van der Waals surface area contributed by atoms with Crippen molar-refractivity contribution in [2.24, 2.45) is 0 Å². The third kappa shape index (κ3) is 4.51. The van der Waals surface area contributed by atoms with E-state index in [0.29, 0.717) is 0 Å². The van der Waals surface area contributed by atoms with Crippen LogP contribution in [0.3, 0.4) is 0 Å². The molecule has 7 aromatic carbocycles. The second-order valence-electron chi connectivity index (χ2n) is 15.0. The van der Waals surface area contributed by atoms with Crippen LogP contribution in [0.15, 0.2) is 161 Å². The molecule has 3 aliphatic rings. The van der Waals surface area contributed by atoms with Gasteiger partial charge in [-0.2, -0.15) is 0 Å². The number of benzene rings is 7. The lowest BCUT2D eigenvalue weighted by Crippen LogP contribution is -2.17. The fraction of sp³-hybridized carbons (Fsp3) is 0.125. The van der Waals surface area contributed by atoms with Crippen molar-refractivity contribution >= 4 is 28.8 Å². The summed E-state index contributed by atoms with van der Waals surface area (Å²) in [5.74, 6) is 1.85. The largest absolute Gasteiger partial charge is 0.455 e. The van der Waals surface area contributed by atoms with Crippen LogP contribution in [0, 0.1) is 0 Å². The van der Waals surface area contributed by atoms with E-state index >= 15 is 0 Å². The number of rotatable bonds is 4. The van der Waals surface area contributed by atoms with Crippen molar-refractivity contribution in [2.45, 2.75) is 48.3 Å². The molecule has 0 radical (unpaired) electrons. The predicted molar refractivity (Wildman–Crippen MR) is 212 cm³/mol. The van der Waals surface area contributed by atoms with E-state index in [2.05, 4.69) is 178 Å². The first kappa shape index (κ1) is 30.3. The van der Waals surface area contributed by atoms with Crippen LogP contribution in [0.4, 0.5) is 17.1 Å². The first-order chi connectivity index (χ1) is 24.8. The molecule has 0 bridgehead atoms. The molecule has 2 aliphatic carbocycles. The Morgan fingerprint density at radius 1 is 0.451 bits per heavy atom. The third-order valence-corrected chi connectivity index (χ3v) is 12.5. The molecule has 0 aromatic heterocycles. The molecule has 0 amide bonds. The first-order valence-electron chi connectivity index (χ1n) is 17.8. The van der Waals surface area contributed by atoms with Crippen LogP contribution in [-0.4, -0.2) is 0 Å². The summed E-state index contributed by atoms with van der Waals surface area (Å²) < 4.78 is 6.51. The number of anilines is 3. The fourth-order valence-electron chi connectivity index (χ4n) is 8.66. The highest BCUT2D eigenvalue weighted by molar-refractivity contribution is 7.99. The molecule has 0 spiro atoms. The summed E-state index contributed by atoms with van der Waals surface area (Å²) in [5, 5.41) is 0. The molecule has 246 valence electrons. The number of fused-ring (bicyclic) bond motifs is 9. The van der Waals surface area contributed by atoms with Crippen molar-refractivity contribution in [1.82, 2.24) is 0 Å². The van der Waals surface area contributed by atoms with Gasteiger partial charge in [0.15, 0.2) is 0 Å². The zero-order chi connectivity index (χ0) is 34.5. The summed E-state index contributed by atoms with van der Waals surface area (Å²) >= 11 is 1.83. The van der Waals surface area contributed by atoms with E-state index in [-0.39, 0.29) is 10.8 Å². The van der Waals surface area contributed by atoms with Gasteiger partial charge >= 0.3 is 0 Å². The van der Waals surface area contributed by atoms with E-state index in [4.69, 9.17) is 4.74 Å². The van der Waals surface area contributed by atoms with Crippen LogP contribution >= 0.6 is 11.8 Å². The molecule has 3 heteroatoms. The monoisotopic (exact) mass is 675 g/mol. The average Bonchev–Trinajstić information content (AvgIpc) is 3.54. The smallest absolute Gasteiger partial charge is 0.142 e. The lowest BCUT2D eigenvalue weighted by atomic mass is 9.82. The zero-order valence-electron chi connectivity index (χ0n) is 29.2. The fourth-order valence-corrected chi connectivity index (χ4v) is 9.77. The van der Waals surface area contributed by atoms with Crippen LogP contribution in [0.2, 0.25) is 0 Å². The van der Waals surface area contributed by atoms with Crippen LogP contribution in [0.5, 0.6) is 11.5 Å². The Labute approximate surface area is 304 Å². The highest BCUT2D eigenvalue weighted by Gasteiger charge is 2.40. The van der Waals surface area contributed by atoms with Crippen LogP contribution in [0.25, 0.3) is 33.4 Å². The van der Waals surface area contributed by atoms with Crippen LogP contribution in [0.1, 0.15) is 49.9 Å². The Bertz CT molecular complexity index is 2530. The Morgan fingerprint density at radius 3 is 1.90 bits per heavy atom. The SMILES string of the molecule is CC1(C)c2ccccc2-c2ccc(N(c3ccc(-c4ccccc4)cc3)c3ccc4c(c3)-c3c(ccc5c3Sc3ccccc3O5)C4(C)C)cc21. The second-order valence-corrected chi connectivity index (χ2v) is 16.0. The van der Waals surface area contributed by atoms with Gasteiger partial charge in [-0.1, -0.05) is 137 Å². The topological polar surface area (TPSA) is 12.5 Å². The minimum absolute atomic E-state index is 0.0990. The molecule has 10 rings (SSSR count). The molecular weight excluding hydrogens is 639 g/mol. The molecule has 7 aromatic rings. The van der Waals surface area contributed by atoms with Gasteiger partial charge in [-0.05, 0) is 105 Å². The molecule has 2 nitrogen and oxygen atoms in total. The zero-order valence-corrected chi connectivity index (χ0v) is 30.0.